The Morgan fingerprint density at radius 3 is 2.72 bits per heavy atom. The third-order valence-corrected chi connectivity index (χ3v) is 5.93. The lowest BCUT2D eigenvalue weighted by atomic mass is 10.1. The summed E-state index contributed by atoms with van der Waals surface area (Å²) in [5.41, 5.74) is 0.781. The van der Waals surface area contributed by atoms with Gasteiger partial charge in [-0.25, -0.2) is 14.7 Å². The summed E-state index contributed by atoms with van der Waals surface area (Å²) >= 11 is 2.73. The van der Waals surface area contributed by atoms with E-state index in [1.807, 2.05) is 47.8 Å². The van der Waals surface area contributed by atoms with Crippen LogP contribution in [0, 0.1) is 0 Å². The number of hydrogen-bond acceptors (Lipinski definition) is 6. The molecule has 1 aromatic carbocycles. The fraction of sp³-hybridized carbons (Fsp3) is 0.263. The average molecular weight is 432 g/mol. The van der Waals surface area contributed by atoms with Crippen molar-refractivity contribution in [1.82, 2.24) is 25.4 Å². The molecule has 0 aliphatic heterocycles. The Kier molecular flexibility index (Phi) is 7.65. The molecule has 0 bridgehead atoms. The first kappa shape index (κ1) is 20.9. The molecule has 3 rings (SSSR count). The molecule has 0 fully saturated rings. The molecule has 0 saturated heterocycles. The van der Waals surface area contributed by atoms with Crippen molar-refractivity contribution in [2.24, 2.45) is 0 Å². The highest BCUT2D eigenvalue weighted by molar-refractivity contribution is 7.99. The van der Waals surface area contributed by atoms with Crippen LogP contribution in [0.4, 0.5) is 4.79 Å². The average Bonchev–Trinajstić information content (AvgIpc) is 3.35. The van der Waals surface area contributed by atoms with Gasteiger partial charge >= 0.3 is 11.7 Å². The van der Waals surface area contributed by atoms with Crippen molar-refractivity contribution in [2.75, 3.05) is 12.3 Å². The predicted molar refractivity (Wildman–Crippen MR) is 113 cm³/mol. The summed E-state index contributed by atoms with van der Waals surface area (Å²) in [5, 5.41) is 13.7. The number of benzene rings is 1. The smallest absolute Gasteiger partial charge is 0.337 e. The second-order valence-electron chi connectivity index (χ2n) is 6.12. The van der Waals surface area contributed by atoms with Gasteiger partial charge in [0.25, 0.3) is 0 Å². The van der Waals surface area contributed by atoms with Crippen molar-refractivity contribution < 1.29 is 9.59 Å². The molecule has 3 aromatic rings. The first-order valence-corrected chi connectivity index (χ1v) is 10.9. The molecule has 0 unspecified atom stereocenters. The van der Waals surface area contributed by atoms with Crippen LogP contribution in [0.5, 0.6) is 0 Å². The maximum atomic E-state index is 12.0. The summed E-state index contributed by atoms with van der Waals surface area (Å²) in [5.74, 6) is -0.470. The van der Waals surface area contributed by atoms with E-state index in [0.717, 1.165) is 23.7 Å². The van der Waals surface area contributed by atoms with Crippen LogP contribution >= 0.6 is 23.1 Å². The minimum Gasteiger partial charge on any atom is -0.337 e. The molecule has 2 heterocycles. The number of H-pyrrole nitrogens is 1. The molecule has 3 amide bonds. The van der Waals surface area contributed by atoms with Crippen LogP contribution in [0.2, 0.25) is 0 Å². The molecule has 0 atom stereocenters. The van der Waals surface area contributed by atoms with Gasteiger partial charge in [-0.3, -0.25) is 14.7 Å². The fourth-order valence-electron chi connectivity index (χ4n) is 2.59. The highest BCUT2D eigenvalue weighted by Crippen LogP contribution is 2.13. The first-order chi connectivity index (χ1) is 14.1. The number of nitrogens with zero attached hydrogens (tertiary/aromatic N) is 2. The van der Waals surface area contributed by atoms with E-state index in [-0.39, 0.29) is 11.4 Å². The molecular formula is C19H21N5O3S2. The molecule has 0 aliphatic rings. The van der Waals surface area contributed by atoms with Crippen molar-refractivity contribution in [2.45, 2.75) is 24.5 Å². The van der Waals surface area contributed by atoms with Crippen LogP contribution in [0.25, 0.3) is 0 Å². The number of aryl methyl sites for hydroxylation is 1. The molecule has 0 saturated carbocycles. The number of carbonyl (C=O) groups is 2. The number of aromatic nitrogens is 3. The van der Waals surface area contributed by atoms with Gasteiger partial charge in [-0.2, -0.15) is 0 Å². The molecule has 0 radical (unpaired) electrons. The Hall–Kier alpha value is -2.85. The number of urea groups is 1. The number of hydrogen-bond donors (Lipinski definition) is 3. The Labute approximate surface area is 175 Å². The number of thioether (sulfide) groups is 1. The van der Waals surface area contributed by atoms with Gasteiger partial charge in [-0.15, -0.1) is 16.4 Å². The molecule has 10 heteroatoms. The van der Waals surface area contributed by atoms with Gasteiger partial charge in [0.1, 0.15) is 0 Å². The Balaban J connectivity index is 1.42. The zero-order valence-electron chi connectivity index (χ0n) is 15.6. The topological polar surface area (TPSA) is 109 Å². The lowest BCUT2D eigenvalue weighted by Crippen LogP contribution is -2.41. The van der Waals surface area contributed by atoms with E-state index in [1.54, 1.807) is 11.3 Å². The van der Waals surface area contributed by atoms with Gasteiger partial charge in [-0.05, 0) is 29.9 Å². The lowest BCUT2D eigenvalue weighted by Gasteiger charge is -2.07. The van der Waals surface area contributed by atoms with Crippen LogP contribution in [-0.2, 0) is 24.2 Å². The maximum Gasteiger partial charge on any atom is 0.343 e. The normalized spacial score (nSPS) is 10.6. The summed E-state index contributed by atoms with van der Waals surface area (Å²) in [6.45, 7) is 0.900. The minimum absolute atomic E-state index is 0.0199. The van der Waals surface area contributed by atoms with Crippen molar-refractivity contribution in [3.63, 3.8) is 0 Å². The van der Waals surface area contributed by atoms with Crippen LogP contribution < -0.4 is 16.3 Å². The Bertz CT molecular complexity index is 983. The highest BCUT2D eigenvalue weighted by Gasteiger charge is 2.13. The molecule has 2 aromatic heterocycles. The summed E-state index contributed by atoms with van der Waals surface area (Å²) in [6, 6.07) is 13.2. The monoisotopic (exact) mass is 431 g/mol. The number of rotatable bonds is 9. The Morgan fingerprint density at radius 1 is 1.14 bits per heavy atom. The largest absolute Gasteiger partial charge is 0.343 e. The second kappa shape index (κ2) is 10.6. The number of aromatic amines is 1. The van der Waals surface area contributed by atoms with E-state index in [9.17, 15) is 14.4 Å². The van der Waals surface area contributed by atoms with Gasteiger partial charge in [-0.1, -0.05) is 48.2 Å². The predicted octanol–water partition coefficient (Wildman–Crippen LogP) is 2.04. The van der Waals surface area contributed by atoms with Gasteiger partial charge in [0.2, 0.25) is 5.91 Å². The molecule has 8 nitrogen and oxygen atoms in total. The standard InChI is InChI=1S/C19H21N5O3S2/c25-16(21-17(26)20-10-8-15-7-4-12-28-15)13-29-19-23-22-18(27)24(19)11-9-14-5-2-1-3-6-14/h1-7,12H,8-11,13H2,(H,22,27)(H2,20,21,25,26). The number of thiophene rings is 1. The first-order valence-electron chi connectivity index (χ1n) is 9.04. The van der Waals surface area contributed by atoms with Crippen LogP contribution in [0.15, 0.2) is 57.8 Å². The minimum atomic E-state index is -0.532. The SMILES string of the molecule is O=C(CSc1n[nH]c(=O)n1CCc1ccccc1)NC(=O)NCCc1cccs1. The number of carbonyl (C=O) groups excluding carboxylic acids is 2. The van der Waals surface area contributed by atoms with Gasteiger partial charge in [0, 0.05) is 18.0 Å². The van der Waals surface area contributed by atoms with Gasteiger partial charge in [0.15, 0.2) is 5.16 Å². The molecule has 0 spiro atoms. The zero-order chi connectivity index (χ0) is 20.5. The molecule has 29 heavy (non-hydrogen) atoms. The number of amides is 3. The van der Waals surface area contributed by atoms with E-state index < -0.39 is 11.9 Å². The molecular weight excluding hydrogens is 410 g/mol. The zero-order valence-corrected chi connectivity index (χ0v) is 17.2. The summed E-state index contributed by atoms with van der Waals surface area (Å²) < 4.78 is 1.49. The molecule has 152 valence electrons. The van der Waals surface area contributed by atoms with Crippen LogP contribution in [0.3, 0.4) is 0 Å². The van der Waals surface area contributed by atoms with Gasteiger partial charge in [0.05, 0.1) is 5.75 Å². The van der Waals surface area contributed by atoms with Gasteiger partial charge < -0.3 is 5.32 Å². The quantitative estimate of drug-likeness (QED) is 0.449. The number of imide groups is 1. The van der Waals surface area contributed by atoms with E-state index in [2.05, 4.69) is 20.8 Å². The van der Waals surface area contributed by atoms with Crippen molar-refractivity contribution >= 4 is 35.0 Å². The van der Waals surface area contributed by atoms with Crippen LogP contribution in [0.1, 0.15) is 10.4 Å². The molecule has 0 aliphatic carbocycles. The summed E-state index contributed by atoms with van der Waals surface area (Å²) in [6.07, 6.45) is 1.39. The third kappa shape index (κ3) is 6.61. The Morgan fingerprint density at radius 2 is 1.97 bits per heavy atom. The van der Waals surface area contributed by atoms with Crippen molar-refractivity contribution in [1.29, 1.82) is 0 Å². The molecule has 3 N–H and O–H groups in total. The highest BCUT2D eigenvalue weighted by atomic mass is 32.2. The van der Waals surface area contributed by atoms with E-state index in [1.165, 1.54) is 9.44 Å². The lowest BCUT2D eigenvalue weighted by molar-refractivity contribution is -0.117. The second-order valence-corrected chi connectivity index (χ2v) is 8.10. The number of nitrogens with one attached hydrogen (secondary N) is 3. The third-order valence-electron chi connectivity index (χ3n) is 4.01. The summed E-state index contributed by atoms with van der Waals surface area (Å²) in [4.78, 5) is 36.9. The van der Waals surface area contributed by atoms with E-state index in [0.29, 0.717) is 24.7 Å². The van der Waals surface area contributed by atoms with Crippen molar-refractivity contribution in [3.05, 3.63) is 68.8 Å². The van der Waals surface area contributed by atoms with E-state index >= 15 is 0 Å². The summed E-state index contributed by atoms with van der Waals surface area (Å²) in [7, 11) is 0. The van der Waals surface area contributed by atoms with E-state index in [4.69, 9.17) is 0 Å². The maximum absolute atomic E-state index is 12.0. The van der Waals surface area contributed by atoms with Crippen LogP contribution in [-0.4, -0.2) is 39.0 Å². The van der Waals surface area contributed by atoms with Crippen molar-refractivity contribution in [3.8, 4) is 0 Å². The fourth-order valence-corrected chi connectivity index (χ4v) is 4.07.